The van der Waals surface area contributed by atoms with Gasteiger partial charge in [-0.3, -0.25) is 4.68 Å². The molecule has 0 fully saturated rings. The topological polar surface area (TPSA) is 17.8 Å². The van der Waals surface area contributed by atoms with Gasteiger partial charge in [-0.25, -0.2) is 0 Å². The molecule has 0 aromatic carbocycles. The minimum atomic E-state index is 0.233. The summed E-state index contributed by atoms with van der Waals surface area (Å²) in [6.45, 7) is 6.30. The van der Waals surface area contributed by atoms with Crippen molar-refractivity contribution in [2.75, 3.05) is 0 Å². The molecule has 4 heteroatoms. The van der Waals surface area contributed by atoms with Crippen LogP contribution in [0.15, 0.2) is 6.20 Å². The highest BCUT2D eigenvalue weighted by Crippen LogP contribution is 2.22. The van der Waals surface area contributed by atoms with Crippen LogP contribution in [0.1, 0.15) is 45.3 Å². The predicted octanol–water partition coefficient (Wildman–Crippen LogP) is 4.07. The van der Waals surface area contributed by atoms with Crippen LogP contribution in [-0.2, 0) is 6.42 Å². The van der Waals surface area contributed by atoms with E-state index in [2.05, 4.69) is 25.9 Å². The van der Waals surface area contributed by atoms with E-state index in [9.17, 15) is 0 Å². The molecule has 1 aromatic rings. The molecule has 1 heterocycles. The fraction of sp³-hybridized carbons (Fsp3) is 0.727. The van der Waals surface area contributed by atoms with Crippen molar-refractivity contribution < 1.29 is 0 Å². The second-order valence-electron chi connectivity index (χ2n) is 4.02. The summed E-state index contributed by atoms with van der Waals surface area (Å²) in [6, 6.07) is 0.350. The number of halogens is 2. The van der Waals surface area contributed by atoms with E-state index in [1.54, 1.807) is 6.20 Å². The molecule has 0 saturated heterocycles. The normalized spacial score (nSPS) is 13.5. The summed E-state index contributed by atoms with van der Waals surface area (Å²) >= 11 is 12.2. The van der Waals surface area contributed by atoms with Gasteiger partial charge in [0.25, 0.3) is 0 Å². The number of aromatic nitrogens is 2. The van der Waals surface area contributed by atoms with E-state index in [1.165, 1.54) is 0 Å². The first-order valence-corrected chi connectivity index (χ1v) is 6.23. The summed E-state index contributed by atoms with van der Waals surface area (Å²) < 4.78 is 1.97. The van der Waals surface area contributed by atoms with Crippen molar-refractivity contribution in [3.05, 3.63) is 16.9 Å². The zero-order chi connectivity index (χ0) is 11.4. The molecule has 1 aromatic heterocycles. The van der Waals surface area contributed by atoms with E-state index in [0.717, 1.165) is 30.0 Å². The summed E-state index contributed by atoms with van der Waals surface area (Å²) in [5.41, 5.74) is 1.10. The first-order valence-electron chi connectivity index (χ1n) is 5.42. The molecule has 0 spiro atoms. The maximum atomic E-state index is 6.09. The first-order chi connectivity index (χ1) is 7.06. The standard InChI is InChI=1S/C11H18Cl2N2/c1-4-9(12)5-6-11-10(13)7-14-15(11)8(2)3/h7-9H,4-6H2,1-3H3. The van der Waals surface area contributed by atoms with Gasteiger partial charge in [-0.15, -0.1) is 11.6 Å². The summed E-state index contributed by atoms with van der Waals surface area (Å²) in [5.74, 6) is 0. The maximum Gasteiger partial charge on any atom is 0.0817 e. The first kappa shape index (κ1) is 12.9. The van der Waals surface area contributed by atoms with Crippen molar-refractivity contribution in [3.8, 4) is 0 Å². The van der Waals surface area contributed by atoms with Crippen LogP contribution in [-0.4, -0.2) is 15.2 Å². The smallest absolute Gasteiger partial charge is 0.0817 e. The van der Waals surface area contributed by atoms with Crippen molar-refractivity contribution in [2.24, 2.45) is 0 Å². The highest BCUT2D eigenvalue weighted by molar-refractivity contribution is 6.31. The Kier molecular flexibility index (Phi) is 4.94. The third-order valence-electron chi connectivity index (χ3n) is 2.47. The molecule has 0 bridgehead atoms. The molecule has 1 rings (SSSR count). The Hall–Kier alpha value is -0.210. The van der Waals surface area contributed by atoms with Gasteiger partial charge in [-0.05, 0) is 33.1 Å². The van der Waals surface area contributed by atoms with Gasteiger partial charge in [0, 0.05) is 11.4 Å². The van der Waals surface area contributed by atoms with Crippen LogP contribution in [0.25, 0.3) is 0 Å². The molecule has 0 radical (unpaired) electrons. The van der Waals surface area contributed by atoms with E-state index >= 15 is 0 Å². The van der Waals surface area contributed by atoms with Crippen molar-refractivity contribution in [3.63, 3.8) is 0 Å². The van der Waals surface area contributed by atoms with Gasteiger partial charge < -0.3 is 0 Å². The molecule has 0 amide bonds. The molecule has 15 heavy (non-hydrogen) atoms. The zero-order valence-corrected chi connectivity index (χ0v) is 11.0. The van der Waals surface area contributed by atoms with Crippen molar-refractivity contribution in [1.29, 1.82) is 0 Å². The van der Waals surface area contributed by atoms with Gasteiger partial charge in [0.2, 0.25) is 0 Å². The largest absolute Gasteiger partial charge is 0.266 e. The van der Waals surface area contributed by atoms with E-state index in [-0.39, 0.29) is 5.38 Å². The van der Waals surface area contributed by atoms with Gasteiger partial charge in [0.15, 0.2) is 0 Å². The van der Waals surface area contributed by atoms with Gasteiger partial charge >= 0.3 is 0 Å². The maximum absolute atomic E-state index is 6.09. The fourth-order valence-corrected chi connectivity index (χ4v) is 1.88. The molecule has 0 aliphatic heterocycles. The second kappa shape index (κ2) is 5.76. The van der Waals surface area contributed by atoms with Crippen LogP contribution in [0.3, 0.4) is 0 Å². The summed E-state index contributed by atoms with van der Waals surface area (Å²) in [7, 11) is 0. The Morgan fingerprint density at radius 2 is 2.13 bits per heavy atom. The molecule has 0 N–H and O–H groups in total. The lowest BCUT2D eigenvalue weighted by Crippen LogP contribution is -2.09. The fourth-order valence-electron chi connectivity index (χ4n) is 1.54. The van der Waals surface area contributed by atoms with Crippen LogP contribution in [0, 0.1) is 0 Å². The average Bonchev–Trinajstić information content (AvgIpc) is 2.56. The molecule has 0 aliphatic carbocycles. The van der Waals surface area contributed by atoms with E-state index in [0.29, 0.717) is 6.04 Å². The summed E-state index contributed by atoms with van der Waals surface area (Å²) in [4.78, 5) is 0. The minimum absolute atomic E-state index is 0.233. The van der Waals surface area contributed by atoms with Crippen LogP contribution < -0.4 is 0 Å². The lowest BCUT2D eigenvalue weighted by Gasteiger charge is -2.12. The lowest BCUT2D eigenvalue weighted by atomic mass is 10.1. The molecular formula is C11H18Cl2N2. The van der Waals surface area contributed by atoms with Gasteiger partial charge in [-0.1, -0.05) is 18.5 Å². The highest BCUT2D eigenvalue weighted by atomic mass is 35.5. The van der Waals surface area contributed by atoms with Crippen molar-refractivity contribution in [1.82, 2.24) is 9.78 Å². The third kappa shape index (κ3) is 3.39. The molecular weight excluding hydrogens is 231 g/mol. The molecule has 1 unspecified atom stereocenters. The monoisotopic (exact) mass is 248 g/mol. The number of nitrogens with zero attached hydrogens (tertiary/aromatic N) is 2. The molecule has 2 nitrogen and oxygen atoms in total. The lowest BCUT2D eigenvalue weighted by molar-refractivity contribution is 0.503. The van der Waals surface area contributed by atoms with Crippen LogP contribution in [0.2, 0.25) is 5.02 Å². The van der Waals surface area contributed by atoms with E-state index in [1.807, 2.05) is 4.68 Å². The second-order valence-corrected chi connectivity index (χ2v) is 5.05. The third-order valence-corrected chi connectivity index (χ3v) is 3.32. The van der Waals surface area contributed by atoms with Crippen LogP contribution >= 0.6 is 23.2 Å². The number of alkyl halides is 1. The quantitative estimate of drug-likeness (QED) is 0.719. The van der Waals surface area contributed by atoms with E-state index in [4.69, 9.17) is 23.2 Å². The van der Waals surface area contributed by atoms with Gasteiger partial charge in [-0.2, -0.15) is 5.10 Å². The van der Waals surface area contributed by atoms with Crippen LogP contribution in [0.4, 0.5) is 0 Å². The zero-order valence-electron chi connectivity index (χ0n) is 9.50. The summed E-state index contributed by atoms with van der Waals surface area (Å²) in [6.07, 6.45) is 4.57. The average molecular weight is 249 g/mol. The summed E-state index contributed by atoms with van der Waals surface area (Å²) in [5, 5.41) is 5.25. The Morgan fingerprint density at radius 3 is 2.67 bits per heavy atom. The molecule has 0 saturated carbocycles. The Balaban J connectivity index is 2.70. The Bertz CT molecular complexity index is 308. The van der Waals surface area contributed by atoms with E-state index < -0.39 is 0 Å². The molecule has 0 aliphatic rings. The van der Waals surface area contributed by atoms with Crippen LogP contribution in [0.5, 0.6) is 0 Å². The van der Waals surface area contributed by atoms with Crippen molar-refractivity contribution >= 4 is 23.2 Å². The van der Waals surface area contributed by atoms with Crippen molar-refractivity contribution in [2.45, 2.75) is 51.5 Å². The Labute approximate surface area is 102 Å². The Morgan fingerprint density at radius 1 is 1.47 bits per heavy atom. The number of hydrogen-bond acceptors (Lipinski definition) is 1. The van der Waals surface area contributed by atoms with Gasteiger partial charge in [0.1, 0.15) is 0 Å². The predicted molar refractivity (Wildman–Crippen MR) is 65.9 cm³/mol. The van der Waals surface area contributed by atoms with Gasteiger partial charge in [0.05, 0.1) is 16.9 Å². The SMILES string of the molecule is CCC(Cl)CCc1c(Cl)cnn1C(C)C. The number of rotatable bonds is 5. The number of hydrogen-bond donors (Lipinski definition) is 0. The minimum Gasteiger partial charge on any atom is -0.266 e. The highest BCUT2D eigenvalue weighted by Gasteiger charge is 2.12. The molecule has 86 valence electrons. The molecule has 1 atom stereocenters.